The molecule has 0 aliphatic rings. The van der Waals surface area contributed by atoms with Crippen molar-refractivity contribution in [3.8, 4) is 0 Å². The Hall–Kier alpha value is -1.71. The van der Waals surface area contributed by atoms with Gasteiger partial charge in [-0.05, 0) is 25.0 Å². The average Bonchev–Trinajstić information content (AvgIpc) is 2.38. The van der Waals surface area contributed by atoms with Gasteiger partial charge in [0.05, 0.1) is 5.56 Å². The van der Waals surface area contributed by atoms with Crippen molar-refractivity contribution in [3.63, 3.8) is 0 Å². The lowest BCUT2D eigenvalue weighted by Crippen LogP contribution is -2.18. The number of carbonyl (C=O) groups is 1. The van der Waals surface area contributed by atoms with Crippen LogP contribution in [0.2, 0.25) is 0 Å². The van der Waals surface area contributed by atoms with Crippen LogP contribution in [0.4, 0.5) is 4.39 Å². The van der Waals surface area contributed by atoms with Crippen molar-refractivity contribution in [2.24, 2.45) is 5.10 Å². The number of unbranched alkanes of at least 4 members (excludes halogenated alkanes) is 4. The third-order valence-corrected chi connectivity index (χ3v) is 2.56. The molecule has 0 aromatic heterocycles. The fourth-order valence-electron chi connectivity index (χ4n) is 1.54. The summed E-state index contributed by atoms with van der Waals surface area (Å²) < 4.78 is 13.2. The van der Waals surface area contributed by atoms with Crippen LogP contribution in [0.5, 0.6) is 0 Å². The number of nitrogens with zero attached hydrogens (tertiary/aromatic N) is 1. The molecule has 0 bridgehead atoms. The second kappa shape index (κ2) is 8.39. The SMILES string of the molecule is CCCCCCC=NNC(=O)c1ccccc1F. The Balaban J connectivity index is 2.29. The highest BCUT2D eigenvalue weighted by Gasteiger charge is 2.08. The third-order valence-electron chi connectivity index (χ3n) is 2.56. The molecule has 0 saturated carbocycles. The molecular formula is C14H19FN2O. The van der Waals surface area contributed by atoms with Gasteiger partial charge in [0.2, 0.25) is 0 Å². The summed E-state index contributed by atoms with van der Waals surface area (Å²) in [6.07, 6.45) is 7.14. The number of rotatable bonds is 7. The number of nitrogens with one attached hydrogen (secondary N) is 1. The van der Waals surface area contributed by atoms with Crippen LogP contribution in [-0.4, -0.2) is 12.1 Å². The fourth-order valence-corrected chi connectivity index (χ4v) is 1.54. The van der Waals surface area contributed by atoms with Gasteiger partial charge in [-0.3, -0.25) is 4.79 Å². The predicted octanol–water partition coefficient (Wildman–Crippen LogP) is 3.51. The number of benzene rings is 1. The lowest BCUT2D eigenvalue weighted by molar-refractivity contribution is 0.0951. The molecule has 1 aromatic rings. The van der Waals surface area contributed by atoms with Crippen LogP contribution in [0, 0.1) is 5.82 Å². The molecule has 0 unspecified atom stereocenters. The van der Waals surface area contributed by atoms with Gasteiger partial charge >= 0.3 is 0 Å². The smallest absolute Gasteiger partial charge is 0.267 e. The van der Waals surface area contributed by atoms with Crippen molar-refractivity contribution in [1.82, 2.24) is 5.43 Å². The lowest BCUT2D eigenvalue weighted by Gasteiger charge is -2.00. The van der Waals surface area contributed by atoms with Gasteiger partial charge in [-0.1, -0.05) is 38.3 Å². The second-order valence-electron chi connectivity index (χ2n) is 4.08. The van der Waals surface area contributed by atoms with Crippen molar-refractivity contribution >= 4 is 12.1 Å². The average molecular weight is 250 g/mol. The Bertz CT molecular complexity index is 405. The zero-order valence-corrected chi connectivity index (χ0v) is 10.7. The van der Waals surface area contributed by atoms with Crippen molar-refractivity contribution < 1.29 is 9.18 Å². The summed E-state index contributed by atoms with van der Waals surface area (Å²) in [5.74, 6) is -1.05. The predicted molar refractivity (Wildman–Crippen MR) is 71.1 cm³/mol. The molecule has 1 rings (SSSR count). The Labute approximate surface area is 107 Å². The Morgan fingerprint density at radius 1 is 1.33 bits per heavy atom. The first-order valence-corrected chi connectivity index (χ1v) is 6.32. The molecule has 0 heterocycles. The van der Waals surface area contributed by atoms with Crippen LogP contribution in [-0.2, 0) is 0 Å². The quantitative estimate of drug-likeness (QED) is 0.449. The van der Waals surface area contributed by atoms with Gasteiger partial charge in [-0.2, -0.15) is 5.10 Å². The van der Waals surface area contributed by atoms with Crippen molar-refractivity contribution in [2.75, 3.05) is 0 Å². The first-order chi connectivity index (χ1) is 8.75. The van der Waals surface area contributed by atoms with Crippen LogP contribution in [0.25, 0.3) is 0 Å². The molecule has 0 aliphatic carbocycles. The Kier molecular flexibility index (Phi) is 6.69. The minimum atomic E-state index is -0.534. The maximum atomic E-state index is 13.2. The minimum Gasteiger partial charge on any atom is -0.267 e. The van der Waals surface area contributed by atoms with E-state index in [-0.39, 0.29) is 5.56 Å². The summed E-state index contributed by atoms with van der Waals surface area (Å²) in [6, 6.07) is 5.85. The monoisotopic (exact) mass is 250 g/mol. The maximum Gasteiger partial charge on any atom is 0.274 e. The van der Waals surface area contributed by atoms with Gasteiger partial charge in [-0.25, -0.2) is 9.82 Å². The summed E-state index contributed by atoms with van der Waals surface area (Å²) >= 11 is 0. The minimum absolute atomic E-state index is 0.0145. The van der Waals surface area contributed by atoms with Crippen LogP contribution >= 0.6 is 0 Å². The van der Waals surface area contributed by atoms with E-state index >= 15 is 0 Å². The molecule has 0 radical (unpaired) electrons. The standard InChI is InChI=1S/C14H19FN2O/c1-2-3-4-5-8-11-16-17-14(18)12-9-6-7-10-13(12)15/h6-7,9-11H,2-5,8H2,1H3,(H,17,18). The summed E-state index contributed by atoms with van der Waals surface area (Å²) in [6.45, 7) is 2.16. The number of halogens is 1. The van der Waals surface area contributed by atoms with Crippen LogP contribution in [0.3, 0.4) is 0 Å². The molecule has 1 N–H and O–H groups in total. The van der Waals surface area contributed by atoms with Gasteiger partial charge in [-0.15, -0.1) is 0 Å². The molecule has 1 amide bonds. The summed E-state index contributed by atoms with van der Waals surface area (Å²) in [4.78, 5) is 11.5. The number of amides is 1. The van der Waals surface area contributed by atoms with Gasteiger partial charge in [0.15, 0.2) is 0 Å². The Morgan fingerprint density at radius 3 is 2.83 bits per heavy atom. The maximum absolute atomic E-state index is 13.2. The molecular weight excluding hydrogens is 231 g/mol. The molecule has 0 fully saturated rings. The van der Waals surface area contributed by atoms with E-state index in [9.17, 15) is 9.18 Å². The highest BCUT2D eigenvalue weighted by molar-refractivity contribution is 5.94. The lowest BCUT2D eigenvalue weighted by atomic mass is 10.2. The molecule has 1 aromatic carbocycles. The topological polar surface area (TPSA) is 41.5 Å². The van der Waals surface area contributed by atoms with E-state index < -0.39 is 11.7 Å². The van der Waals surface area contributed by atoms with Crippen LogP contribution < -0.4 is 5.43 Å². The largest absolute Gasteiger partial charge is 0.274 e. The highest BCUT2D eigenvalue weighted by atomic mass is 19.1. The molecule has 3 nitrogen and oxygen atoms in total. The van der Waals surface area contributed by atoms with E-state index in [1.54, 1.807) is 18.3 Å². The fraction of sp³-hybridized carbons (Fsp3) is 0.429. The molecule has 4 heteroatoms. The van der Waals surface area contributed by atoms with E-state index in [2.05, 4.69) is 17.5 Å². The van der Waals surface area contributed by atoms with E-state index in [1.807, 2.05) is 0 Å². The molecule has 0 aliphatic heterocycles. The van der Waals surface area contributed by atoms with E-state index in [1.165, 1.54) is 31.4 Å². The number of hydrogen-bond acceptors (Lipinski definition) is 2. The van der Waals surface area contributed by atoms with E-state index in [0.29, 0.717) is 0 Å². The van der Waals surface area contributed by atoms with Gasteiger partial charge in [0.25, 0.3) is 5.91 Å². The summed E-state index contributed by atoms with van der Waals surface area (Å²) in [5.41, 5.74) is 2.34. The first-order valence-electron chi connectivity index (χ1n) is 6.32. The number of carbonyl (C=O) groups excluding carboxylic acids is 1. The van der Waals surface area contributed by atoms with Crippen LogP contribution in [0.15, 0.2) is 29.4 Å². The molecule has 18 heavy (non-hydrogen) atoms. The number of hydrogen-bond donors (Lipinski definition) is 1. The molecule has 0 saturated heterocycles. The van der Waals surface area contributed by atoms with Gasteiger partial charge in [0, 0.05) is 6.21 Å². The highest BCUT2D eigenvalue weighted by Crippen LogP contribution is 2.05. The van der Waals surface area contributed by atoms with Crippen LogP contribution in [0.1, 0.15) is 49.4 Å². The second-order valence-corrected chi connectivity index (χ2v) is 4.08. The first kappa shape index (κ1) is 14.4. The summed E-state index contributed by atoms with van der Waals surface area (Å²) in [5, 5.41) is 3.80. The Morgan fingerprint density at radius 2 is 2.11 bits per heavy atom. The molecule has 98 valence electrons. The zero-order chi connectivity index (χ0) is 13.2. The van der Waals surface area contributed by atoms with E-state index in [4.69, 9.17) is 0 Å². The number of hydrazone groups is 1. The van der Waals surface area contributed by atoms with Crippen molar-refractivity contribution in [1.29, 1.82) is 0 Å². The van der Waals surface area contributed by atoms with Crippen molar-refractivity contribution in [2.45, 2.75) is 39.0 Å². The zero-order valence-electron chi connectivity index (χ0n) is 10.7. The normalized spacial score (nSPS) is 10.8. The third kappa shape index (κ3) is 5.08. The van der Waals surface area contributed by atoms with Gasteiger partial charge in [0.1, 0.15) is 5.82 Å². The van der Waals surface area contributed by atoms with Gasteiger partial charge < -0.3 is 0 Å². The summed E-state index contributed by atoms with van der Waals surface area (Å²) in [7, 11) is 0. The van der Waals surface area contributed by atoms with E-state index in [0.717, 1.165) is 12.8 Å². The molecule has 0 spiro atoms. The molecule has 0 atom stereocenters. The van der Waals surface area contributed by atoms with Crippen molar-refractivity contribution in [3.05, 3.63) is 35.6 Å².